The molecule has 0 saturated carbocycles. The highest BCUT2D eigenvalue weighted by atomic mass is 16.5. The van der Waals surface area contributed by atoms with Gasteiger partial charge in [0.25, 0.3) is 0 Å². The summed E-state index contributed by atoms with van der Waals surface area (Å²) in [6.45, 7) is 5.62. The topological polar surface area (TPSA) is 32.7 Å². The van der Waals surface area contributed by atoms with E-state index >= 15 is 0 Å². The van der Waals surface area contributed by atoms with Crippen molar-refractivity contribution in [2.75, 3.05) is 33.4 Å². The Morgan fingerprint density at radius 3 is 2.50 bits per heavy atom. The minimum Gasteiger partial charge on any atom is -0.389 e. The first-order chi connectivity index (χ1) is 6.64. The Bertz CT molecular complexity index is 153. The van der Waals surface area contributed by atoms with E-state index in [-0.39, 0.29) is 0 Å². The van der Waals surface area contributed by atoms with E-state index in [4.69, 9.17) is 4.74 Å². The molecule has 0 aromatic carbocycles. The number of hydrogen-bond donors (Lipinski definition) is 1. The second-order valence-corrected chi connectivity index (χ2v) is 4.58. The standard InChI is InChI=1S/C11H23NO2/c1-11(13,6-9-14-2)10-12-7-4-3-5-8-12/h13H,3-10H2,1-2H3. The number of hydrogen-bond acceptors (Lipinski definition) is 3. The maximum Gasteiger partial charge on any atom is 0.0768 e. The van der Waals surface area contributed by atoms with Crippen LogP contribution >= 0.6 is 0 Å². The summed E-state index contributed by atoms with van der Waals surface area (Å²) in [4.78, 5) is 2.36. The molecule has 1 atom stereocenters. The second kappa shape index (κ2) is 5.69. The summed E-state index contributed by atoms with van der Waals surface area (Å²) in [5.41, 5.74) is -0.590. The highest BCUT2D eigenvalue weighted by Crippen LogP contribution is 2.15. The molecule has 3 heteroatoms. The Morgan fingerprint density at radius 2 is 1.93 bits per heavy atom. The van der Waals surface area contributed by atoms with Crippen LogP contribution in [0.3, 0.4) is 0 Å². The smallest absolute Gasteiger partial charge is 0.0768 e. The number of likely N-dealkylation sites (tertiary alicyclic amines) is 1. The fourth-order valence-electron chi connectivity index (χ4n) is 2.00. The minimum absolute atomic E-state index is 0.590. The summed E-state index contributed by atoms with van der Waals surface area (Å²) in [6, 6.07) is 0. The van der Waals surface area contributed by atoms with Crippen LogP contribution in [0.25, 0.3) is 0 Å². The van der Waals surface area contributed by atoms with Crippen LogP contribution in [0, 0.1) is 0 Å². The lowest BCUT2D eigenvalue weighted by atomic mass is 10.0. The van der Waals surface area contributed by atoms with Gasteiger partial charge in [0.15, 0.2) is 0 Å². The third-order valence-electron chi connectivity index (χ3n) is 2.86. The van der Waals surface area contributed by atoms with E-state index in [0.29, 0.717) is 6.61 Å². The number of β-amino-alcohol motifs (C(OH)–C–C–N with tert-alkyl or cyclic N) is 1. The van der Waals surface area contributed by atoms with Crippen LogP contribution in [0.5, 0.6) is 0 Å². The van der Waals surface area contributed by atoms with Gasteiger partial charge in [-0.2, -0.15) is 0 Å². The lowest BCUT2D eigenvalue weighted by molar-refractivity contribution is -0.00958. The molecule has 0 bridgehead atoms. The van der Waals surface area contributed by atoms with Crippen molar-refractivity contribution in [3.8, 4) is 0 Å². The molecule has 3 nitrogen and oxygen atoms in total. The molecule has 0 aromatic rings. The molecule has 14 heavy (non-hydrogen) atoms. The molecule has 1 heterocycles. The first kappa shape index (κ1) is 12.0. The second-order valence-electron chi connectivity index (χ2n) is 4.58. The van der Waals surface area contributed by atoms with Crippen LogP contribution in [0.15, 0.2) is 0 Å². The zero-order valence-electron chi connectivity index (χ0n) is 9.46. The predicted molar refractivity (Wildman–Crippen MR) is 57.4 cm³/mol. The van der Waals surface area contributed by atoms with Crippen LogP contribution in [0.2, 0.25) is 0 Å². The Morgan fingerprint density at radius 1 is 1.29 bits per heavy atom. The Balaban J connectivity index is 2.25. The van der Waals surface area contributed by atoms with Gasteiger partial charge in [-0.1, -0.05) is 6.42 Å². The summed E-state index contributed by atoms with van der Waals surface area (Å²) in [5.74, 6) is 0. The van der Waals surface area contributed by atoms with Crippen LogP contribution in [0.1, 0.15) is 32.6 Å². The Hall–Kier alpha value is -0.120. The van der Waals surface area contributed by atoms with Crippen molar-refractivity contribution in [1.29, 1.82) is 0 Å². The lowest BCUT2D eigenvalue weighted by Gasteiger charge is -2.33. The number of ether oxygens (including phenoxy) is 1. The molecule has 1 aliphatic heterocycles. The molecule has 0 aromatic heterocycles. The average Bonchev–Trinajstić information content (AvgIpc) is 2.16. The predicted octanol–water partition coefficient (Wildman–Crippen LogP) is 1.26. The zero-order valence-corrected chi connectivity index (χ0v) is 9.46. The summed E-state index contributed by atoms with van der Waals surface area (Å²) < 4.78 is 4.99. The van der Waals surface area contributed by atoms with Gasteiger partial charge in [0.1, 0.15) is 0 Å². The van der Waals surface area contributed by atoms with Crippen molar-refractivity contribution in [3.05, 3.63) is 0 Å². The van der Waals surface area contributed by atoms with E-state index in [2.05, 4.69) is 4.90 Å². The molecular formula is C11H23NO2. The molecule has 0 spiro atoms. The lowest BCUT2D eigenvalue weighted by Crippen LogP contribution is -2.43. The van der Waals surface area contributed by atoms with Crippen LogP contribution in [0.4, 0.5) is 0 Å². The molecule has 1 unspecified atom stereocenters. The van der Waals surface area contributed by atoms with Gasteiger partial charge in [-0.15, -0.1) is 0 Å². The van der Waals surface area contributed by atoms with Gasteiger partial charge in [-0.25, -0.2) is 0 Å². The molecule has 84 valence electrons. The highest BCUT2D eigenvalue weighted by molar-refractivity contribution is 4.78. The van der Waals surface area contributed by atoms with Crippen molar-refractivity contribution >= 4 is 0 Å². The number of nitrogens with zero attached hydrogens (tertiary/aromatic N) is 1. The molecule has 1 N–H and O–H groups in total. The summed E-state index contributed by atoms with van der Waals surface area (Å²) >= 11 is 0. The fourth-order valence-corrected chi connectivity index (χ4v) is 2.00. The molecule has 1 aliphatic rings. The van der Waals surface area contributed by atoms with E-state index in [0.717, 1.165) is 26.1 Å². The van der Waals surface area contributed by atoms with E-state index in [1.165, 1.54) is 19.3 Å². The molecule has 0 aliphatic carbocycles. The van der Waals surface area contributed by atoms with Crippen molar-refractivity contribution in [3.63, 3.8) is 0 Å². The molecule has 0 amide bonds. The van der Waals surface area contributed by atoms with Gasteiger partial charge in [0.05, 0.1) is 5.60 Å². The number of piperidine rings is 1. The van der Waals surface area contributed by atoms with Gasteiger partial charge in [0.2, 0.25) is 0 Å². The van der Waals surface area contributed by atoms with Gasteiger partial charge in [-0.3, -0.25) is 0 Å². The largest absolute Gasteiger partial charge is 0.389 e. The highest BCUT2D eigenvalue weighted by Gasteiger charge is 2.24. The first-order valence-corrected chi connectivity index (χ1v) is 5.58. The normalized spacial score (nSPS) is 23.4. The van der Waals surface area contributed by atoms with Crippen molar-refractivity contribution < 1.29 is 9.84 Å². The van der Waals surface area contributed by atoms with E-state index in [1.54, 1.807) is 7.11 Å². The Kier molecular flexibility index (Phi) is 4.85. The molecule has 0 radical (unpaired) electrons. The van der Waals surface area contributed by atoms with Crippen molar-refractivity contribution in [1.82, 2.24) is 4.90 Å². The molecule has 1 saturated heterocycles. The summed E-state index contributed by atoms with van der Waals surface area (Å²) in [5, 5.41) is 10.1. The maximum absolute atomic E-state index is 10.1. The van der Waals surface area contributed by atoms with Crippen LogP contribution in [-0.4, -0.2) is 49.0 Å². The SMILES string of the molecule is COCCC(C)(O)CN1CCCCC1. The van der Waals surface area contributed by atoms with Crippen molar-refractivity contribution in [2.45, 2.75) is 38.2 Å². The van der Waals surface area contributed by atoms with Crippen molar-refractivity contribution in [2.24, 2.45) is 0 Å². The fraction of sp³-hybridized carbons (Fsp3) is 1.00. The summed E-state index contributed by atoms with van der Waals surface area (Å²) in [6.07, 6.45) is 4.62. The number of aliphatic hydroxyl groups is 1. The van der Waals surface area contributed by atoms with E-state index in [1.807, 2.05) is 6.92 Å². The Labute approximate surface area is 87.1 Å². The maximum atomic E-state index is 10.1. The monoisotopic (exact) mass is 201 g/mol. The minimum atomic E-state index is -0.590. The third-order valence-corrected chi connectivity index (χ3v) is 2.86. The molecular weight excluding hydrogens is 178 g/mol. The summed E-state index contributed by atoms with van der Waals surface area (Å²) in [7, 11) is 1.68. The van der Waals surface area contributed by atoms with E-state index < -0.39 is 5.60 Å². The third kappa shape index (κ3) is 4.40. The van der Waals surface area contributed by atoms with Gasteiger partial charge < -0.3 is 14.7 Å². The zero-order chi connectivity index (χ0) is 10.4. The van der Waals surface area contributed by atoms with E-state index in [9.17, 15) is 5.11 Å². The van der Waals surface area contributed by atoms with Crippen LogP contribution in [-0.2, 0) is 4.74 Å². The van der Waals surface area contributed by atoms with Gasteiger partial charge >= 0.3 is 0 Å². The number of methoxy groups -OCH3 is 1. The number of rotatable bonds is 5. The van der Waals surface area contributed by atoms with Crippen LogP contribution < -0.4 is 0 Å². The molecule has 1 rings (SSSR count). The molecule has 1 fully saturated rings. The van der Waals surface area contributed by atoms with Gasteiger partial charge in [-0.05, 0) is 32.9 Å². The average molecular weight is 201 g/mol. The first-order valence-electron chi connectivity index (χ1n) is 5.58. The van der Waals surface area contributed by atoms with Gasteiger partial charge in [0, 0.05) is 26.7 Å². The quantitative estimate of drug-likeness (QED) is 0.727.